The maximum Gasteiger partial charge on any atom is 0.297 e. The van der Waals surface area contributed by atoms with Crippen molar-refractivity contribution in [1.29, 1.82) is 0 Å². The van der Waals surface area contributed by atoms with Crippen LogP contribution in [-0.2, 0) is 0 Å². The quantitative estimate of drug-likeness (QED) is 0.854. The molecule has 1 amide bonds. The number of nitrogens with zero attached hydrogens (tertiary/aromatic N) is 3. The van der Waals surface area contributed by atoms with E-state index in [1.165, 1.54) is 13.2 Å². The minimum atomic E-state index is -0.264. The number of hydrogen-bond donors (Lipinski definition) is 0. The van der Waals surface area contributed by atoms with Gasteiger partial charge < -0.3 is 18.9 Å². The highest BCUT2D eigenvalue weighted by Crippen LogP contribution is 2.34. The summed E-state index contributed by atoms with van der Waals surface area (Å²) in [6.07, 6.45) is -0.117. The number of para-hydroxylation sites is 2. The standard InChI is InChI=1S/C16H19N3O4/c1-18(2)9-11-10-19(12-6-4-5-7-13(12)22-11)16(20)14-8-15(21-3)17-23-14/h4-8,11H,9-10H2,1-3H3. The van der Waals surface area contributed by atoms with Crippen molar-refractivity contribution in [3.8, 4) is 11.6 Å². The Morgan fingerprint density at radius 3 is 2.91 bits per heavy atom. The van der Waals surface area contributed by atoms with Crippen LogP contribution in [0.2, 0.25) is 0 Å². The molecule has 0 N–H and O–H groups in total. The maximum atomic E-state index is 12.8. The molecule has 0 saturated carbocycles. The van der Waals surface area contributed by atoms with Gasteiger partial charge in [-0.25, -0.2) is 0 Å². The minimum Gasteiger partial charge on any atom is -0.485 e. The van der Waals surface area contributed by atoms with Gasteiger partial charge in [-0.1, -0.05) is 12.1 Å². The molecule has 2 aromatic rings. The van der Waals surface area contributed by atoms with Crippen molar-refractivity contribution in [2.75, 3.05) is 39.2 Å². The predicted octanol–water partition coefficient (Wildman–Crippen LogP) is 1.65. The summed E-state index contributed by atoms with van der Waals surface area (Å²) in [6, 6.07) is 8.96. The zero-order valence-electron chi connectivity index (χ0n) is 13.4. The number of carbonyl (C=O) groups is 1. The molecule has 0 fully saturated rings. The number of benzene rings is 1. The van der Waals surface area contributed by atoms with Crippen LogP contribution < -0.4 is 14.4 Å². The Bertz CT molecular complexity index is 698. The summed E-state index contributed by atoms with van der Waals surface area (Å²) < 4.78 is 16.0. The third kappa shape index (κ3) is 3.14. The van der Waals surface area contributed by atoms with Gasteiger partial charge in [0.25, 0.3) is 11.8 Å². The van der Waals surface area contributed by atoms with E-state index >= 15 is 0 Å². The second kappa shape index (κ2) is 6.29. The van der Waals surface area contributed by atoms with E-state index in [2.05, 4.69) is 5.16 Å². The first-order valence-corrected chi connectivity index (χ1v) is 7.31. The highest BCUT2D eigenvalue weighted by molar-refractivity contribution is 6.05. The van der Waals surface area contributed by atoms with E-state index in [0.717, 1.165) is 5.69 Å². The van der Waals surface area contributed by atoms with Crippen molar-refractivity contribution < 1.29 is 18.8 Å². The molecule has 2 heterocycles. The van der Waals surface area contributed by atoms with Gasteiger partial charge in [-0.05, 0) is 31.4 Å². The van der Waals surface area contributed by atoms with Gasteiger partial charge in [0.15, 0.2) is 0 Å². The van der Waals surface area contributed by atoms with Crippen LogP contribution in [0.5, 0.6) is 11.6 Å². The van der Waals surface area contributed by atoms with Gasteiger partial charge in [0.2, 0.25) is 5.76 Å². The van der Waals surface area contributed by atoms with E-state index in [-0.39, 0.29) is 23.7 Å². The third-order valence-electron chi connectivity index (χ3n) is 3.56. The number of fused-ring (bicyclic) bond motifs is 1. The molecule has 7 heteroatoms. The average molecular weight is 317 g/mol. The number of rotatable bonds is 4. The largest absolute Gasteiger partial charge is 0.485 e. The second-order valence-electron chi connectivity index (χ2n) is 5.62. The van der Waals surface area contributed by atoms with Crippen LogP contribution in [0.25, 0.3) is 0 Å². The van der Waals surface area contributed by atoms with Crippen molar-refractivity contribution in [2.45, 2.75) is 6.10 Å². The number of carbonyl (C=O) groups excluding carboxylic acids is 1. The lowest BCUT2D eigenvalue weighted by Gasteiger charge is -2.35. The fourth-order valence-corrected chi connectivity index (χ4v) is 2.58. The summed E-state index contributed by atoms with van der Waals surface area (Å²) in [5.41, 5.74) is 0.725. The molecule has 1 aliphatic heterocycles. The maximum absolute atomic E-state index is 12.8. The SMILES string of the molecule is COc1cc(C(=O)N2CC(CN(C)C)Oc3ccccc32)on1. The molecular weight excluding hydrogens is 298 g/mol. The minimum absolute atomic E-state index is 0.117. The first-order chi connectivity index (χ1) is 11.1. The predicted molar refractivity (Wildman–Crippen MR) is 84.1 cm³/mol. The molecular formula is C16H19N3O4. The van der Waals surface area contributed by atoms with E-state index < -0.39 is 0 Å². The van der Waals surface area contributed by atoms with E-state index in [4.69, 9.17) is 14.0 Å². The molecule has 1 unspecified atom stereocenters. The van der Waals surface area contributed by atoms with Gasteiger partial charge in [-0.2, -0.15) is 0 Å². The van der Waals surface area contributed by atoms with Crippen LogP contribution >= 0.6 is 0 Å². The molecule has 1 aromatic heterocycles. The summed E-state index contributed by atoms with van der Waals surface area (Å²) >= 11 is 0. The van der Waals surface area contributed by atoms with Crippen molar-refractivity contribution >= 4 is 11.6 Å². The summed E-state index contributed by atoms with van der Waals surface area (Å²) in [4.78, 5) is 16.5. The number of likely N-dealkylation sites (N-methyl/N-ethyl adjacent to an activating group) is 1. The van der Waals surface area contributed by atoms with Crippen molar-refractivity contribution in [1.82, 2.24) is 10.1 Å². The Morgan fingerprint density at radius 1 is 1.43 bits per heavy atom. The van der Waals surface area contributed by atoms with Gasteiger partial charge in [-0.3, -0.25) is 9.69 Å². The lowest BCUT2D eigenvalue weighted by atomic mass is 10.1. The molecule has 0 bridgehead atoms. The fourth-order valence-electron chi connectivity index (χ4n) is 2.58. The number of hydrogen-bond acceptors (Lipinski definition) is 6. The molecule has 0 radical (unpaired) electrons. The summed E-state index contributed by atoms with van der Waals surface area (Å²) in [7, 11) is 5.41. The molecule has 1 aromatic carbocycles. The van der Waals surface area contributed by atoms with Crippen LogP contribution in [0.3, 0.4) is 0 Å². The van der Waals surface area contributed by atoms with E-state index in [9.17, 15) is 4.79 Å². The Balaban J connectivity index is 1.91. The molecule has 0 aliphatic carbocycles. The number of aromatic nitrogens is 1. The number of anilines is 1. The molecule has 7 nitrogen and oxygen atoms in total. The molecule has 1 aliphatic rings. The van der Waals surface area contributed by atoms with Gasteiger partial charge >= 0.3 is 0 Å². The normalized spacial score (nSPS) is 16.9. The molecule has 0 spiro atoms. The van der Waals surface area contributed by atoms with Gasteiger partial charge in [0, 0.05) is 6.54 Å². The average Bonchev–Trinajstić information content (AvgIpc) is 3.02. The Morgan fingerprint density at radius 2 is 2.22 bits per heavy atom. The van der Waals surface area contributed by atoms with Crippen LogP contribution in [-0.4, -0.2) is 56.4 Å². The first-order valence-electron chi connectivity index (χ1n) is 7.31. The third-order valence-corrected chi connectivity index (χ3v) is 3.56. The molecule has 122 valence electrons. The highest BCUT2D eigenvalue weighted by atomic mass is 16.5. The lowest BCUT2D eigenvalue weighted by Crippen LogP contribution is -2.47. The van der Waals surface area contributed by atoms with Crippen LogP contribution in [0.1, 0.15) is 10.6 Å². The second-order valence-corrected chi connectivity index (χ2v) is 5.62. The van der Waals surface area contributed by atoms with Gasteiger partial charge in [0.1, 0.15) is 11.9 Å². The molecule has 0 saturated heterocycles. The van der Waals surface area contributed by atoms with Crippen molar-refractivity contribution in [3.63, 3.8) is 0 Å². The number of ether oxygens (including phenoxy) is 2. The van der Waals surface area contributed by atoms with Crippen LogP contribution in [0.4, 0.5) is 5.69 Å². The summed E-state index contributed by atoms with van der Waals surface area (Å²) in [6.45, 7) is 1.15. The number of amides is 1. The van der Waals surface area contributed by atoms with Crippen molar-refractivity contribution in [2.24, 2.45) is 0 Å². The van der Waals surface area contributed by atoms with E-state index in [1.54, 1.807) is 4.90 Å². The van der Waals surface area contributed by atoms with E-state index in [1.807, 2.05) is 43.3 Å². The van der Waals surface area contributed by atoms with E-state index in [0.29, 0.717) is 18.8 Å². The first kappa shape index (κ1) is 15.4. The van der Waals surface area contributed by atoms with Gasteiger partial charge in [-0.15, -0.1) is 0 Å². The molecule has 3 rings (SSSR count). The monoisotopic (exact) mass is 317 g/mol. The highest BCUT2D eigenvalue weighted by Gasteiger charge is 2.32. The van der Waals surface area contributed by atoms with Gasteiger partial charge in [0.05, 0.1) is 25.4 Å². The molecule has 1 atom stereocenters. The summed E-state index contributed by atoms with van der Waals surface area (Å²) in [5.74, 6) is 0.840. The Labute approximate surface area is 134 Å². The van der Waals surface area contributed by atoms with Crippen LogP contribution in [0.15, 0.2) is 34.9 Å². The fraction of sp³-hybridized carbons (Fsp3) is 0.375. The zero-order valence-corrected chi connectivity index (χ0v) is 13.4. The molecule has 23 heavy (non-hydrogen) atoms. The smallest absolute Gasteiger partial charge is 0.297 e. The lowest BCUT2D eigenvalue weighted by molar-refractivity contribution is 0.0906. The zero-order chi connectivity index (χ0) is 16.4. The topological polar surface area (TPSA) is 68.0 Å². The number of methoxy groups -OCH3 is 1. The van der Waals surface area contributed by atoms with Crippen molar-refractivity contribution in [3.05, 3.63) is 36.1 Å². The Hall–Kier alpha value is -2.54. The Kier molecular flexibility index (Phi) is 4.20. The van der Waals surface area contributed by atoms with Crippen LogP contribution in [0, 0.1) is 0 Å². The summed E-state index contributed by atoms with van der Waals surface area (Å²) in [5, 5.41) is 3.69.